The second-order valence-electron chi connectivity index (χ2n) is 4.03. The van der Waals surface area contributed by atoms with E-state index in [2.05, 4.69) is 21.2 Å². The molecule has 0 atom stereocenters. The van der Waals surface area contributed by atoms with E-state index in [9.17, 15) is 13.2 Å². The second-order valence-corrected chi connectivity index (χ2v) is 7.08. The lowest BCUT2D eigenvalue weighted by molar-refractivity contribution is -0.0328. The summed E-state index contributed by atoms with van der Waals surface area (Å²) in [6, 6.07) is 8.46. The fourth-order valence-corrected chi connectivity index (χ4v) is 3.55. The van der Waals surface area contributed by atoms with Crippen molar-refractivity contribution >= 4 is 39.0 Å². The molecule has 0 aliphatic carbocycles. The Hall–Kier alpha value is -0.500. The summed E-state index contributed by atoms with van der Waals surface area (Å²) in [5, 5.41) is 5.27. The van der Waals surface area contributed by atoms with Gasteiger partial charge in [0.1, 0.15) is 0 Å². The monoisotopic (exact) mass is 381 g/mol. The Balaban J connectivity index is 1.82. The Morgan fingerprint density at radius 2 is 1.85 bits per heavy atom. The van der Waals surface area contributed by atoms with Crippen LogP contribution >= 0.6 is 39.0 Å². The van der Waals surface area contributed by atoms with Crippen molar-refractivity contribution in [2.75, 3.05) is 0 Å². The van der Waals surface area contributed by atoms with Crippen LogP contribution in [0.1, 0.15) is 10.4 Å². The number of hydrogen-bond acceptors (Lipinski definition) is 3. The van der Waals surface area contributed by atoms with Gasteiger partial charge in [-0.3, -0.25) is 0 Å². The zero-order valence-corrected chi connectivity index (χ0v) is 13.4. The standard InChI is InChI=1S/C13H11BrF3NS2/c14-10-5-12(19-8-10)7-18-6-9-1-3-11(4-2-9)20-13(15,16)17/h1-5,8,18H,6-7H2. The number of rotatable bonds is 5. The number of thioether (sulfide) groups is 1. The first-order valence-corrected chi connectivity index (χ1v) is 8.19. The highest BCUT2D eigenvalue weighted by Gasteiger charge is 2.28. The molecule has 2 aromatic rings. The molecule has 0 unspecified atom stereocenters. The number of halogens is 4. The van der Waals surface area contributed by atoms with Gasteiger partial charge in [0.15, 0.2) is 0 Å². The zero-order valence-electron chi connectivity index (χ0n) is 10.2. The predicted molar refractivity (Wildman–Crippen MR) is 80.9 cm³/mol. The molecule has 1 heterocycles. The summed E-state index contributed by atoms with van der Waals surface area (Å²) in [4.78, 5) is 1.42. The third-order valence-corrected chi connectivity index (χ3v) is 4.84. The van der Waals surface area contributed by atoms with E-state index in [0.29, 0.717) is 6.54 Å². The quantitative estimate of drug-likeness (QED) is 0.694. The maximum atomic E-state index is 12.2. The van der Waals surface area contributed by atoms with Gasteiger partial charge in [0.05, 0.1) is 0 Å². The maximum Gasteiger partial charge on any atom is 0.446 e. The van der Waals surface area contributed by atoms with Gasteiger partial charge in [-0.1, -0.05) is 12.1 Å². The lowest BCUT2D eigenvalue weighted by Crippen LogP contribution is -2.11. The van der Waals surface area contributed by atoms with Gasteiger partial charge in [0.2, 0.25) is 0 Å². The molecule has 0 saturated heterocycles. The summed E-state index contributed by atoms with van der Waals surface area (Å²) >= 11 is 4.95. The molecular formula is C13H11BrF3NS2. The largest absolute Gasteiger partial charge is 0.446 e. The Morgan fingerprint density at radius 3 is 2.40 bits per heavy atom. The fraction of sp³-hybridized carbons (Fsp3) is 0.231. The van der Waals surface area contributed by atoms with Crippen molar-refractivity contribution < 1.29 is 13.2 Å². The van der Waals surface area contributed by atoms with Crippen LogP contribution in [-0.2, 0) is 13.1 Å². The van der Waals surface area contributed by atoms with E-state index in [4.69, 9.17) is 0 Å². The van der Waals surface area contributed by atoms with Crippen LogP contribution in [0.3, 0.4) is 0 Å². The van der Waals surface area contributed by atoms with Crippen molar-refractivity contribution in [1.82, 2.24) is 5.32 Å². The molecule has 1 nitrogen and oxygen atoms in total. The van der Waals surface area contributed by atoms with Gasteiger partial charge in [-0.05, 0) is 51.5 Å². The van der Waals surface area contributed by atoms with Crippen LogP contribution in [0.25, 0.3) is 0 Å². The Bertz CT molecular complexity index is 551. The highest BCUT2D eigenvalue weighted by Crippen LogP contribution is 2.36. The number of benzene rings is 1. The molecule has 20 heavy (non-hydrogen) atoms. The second kappa shape index (κ2) is 6.98. The van der Waals surface area contributed by atoms with E-state index >= 15 is 0 Å². The summed E-state index contributed by atoms with van der Waals surface area (Å²) in [6.07, 6.45) is 0. The van der Waals surface area contributed by atoms with E-state index < -0.39 is 5.51 Å². The highest BCUT2D eigenvalue weighted by atomic mass is 79.9. The lowest BCUT2D eigenvalue weighted by Gasteiger charge is -2.07. The van der Waals surface area contributed by atoms with E-state index in [-0.39, 0.29) is 16.7 Å². The summed E-state index contributed by atoms with van der Waals surface area (Å²) in [7, 11) is 0. The van der Waals surface area contributed by atoms with Crippen LogP contribution in [0.15, 0.2) is 45.1 Å². The van der Waals surface area contributed by atoms with Crippen LogP contribution < -0.4 is 5.32 Å². The number of thiophene rings is 1. The third kappa shape index (κ3) is 5.47. The first-order valence-electron chi connectivity index (χ1n) is 5.71. The molecule has 2 rings (SSSR count). The molecule has 0 bridgehead atoms. The third-order valence-electron chi connectivity index (χ3n) is 2.41. The normalized spacial score (nSPS) is 11.8. The minimum absolute atomic E-state index is 0.0910. The Kier molecular flexibility index (Phi) is 5.54. The minimum atomic E-state index is -4.23. The van der Waals surface area contributed by atoms with Gasteiger partial charge in [-0.2, -0.15) is 13.2 Å². The molecule has 7 heteroatoms. The molecule has 0 aliphatic heterocycles. The number of hydrogen-bond donors (Lipinski definition) is 1. The van der Waals surface area contributed by atoms with Crippen molar-refractivity contribution in [1.29, 1.82) is 0 Å². The van der Waals surface area contributed by atoms with E-state index in [1.165, 1.54) is 17.0 Å². The van der Waals surface area contributed by atoms with Crippen LogP contribution in [0.4, 0.5) is 13.2 Å². The zero-order chi connectivity index (χ0) is 14.6. The average Bonchev–Trinajstić information content (AvgIpc) is 2.75. The van der Waals surface area contributed by atoms with E-state index in [0.717, 1.165) is 16.6 Å². The Morgan fingerprint density at radius 1 is 1.15 bits per heavy atom. The van der Waals surface area contributed by atoms with Gasteiger partial charge in [-0.25, -0.2) is 0 Å². The summed E-state index contributed by atoms with van der Waals surface area (Å²) in [6.45, 7) is 1.38. The maximum absolute atomic E-state index is 12.2. The van der Waals surface area contributed by atoms with Crippen molar-refractivity contribution in [3.63, 3.8) is 0 Å². The van der Waals surface area contributed by atoms with Crippen molar-refractivity contribution in [3.8, 4) is 0 Å². The lowest BCUT2D eigenvalue weighted by atomic mass is 10.2. The molecule has 0 aliphatic rings. The Labute approximate surface area is 131 Å². The highest BCUT2D eigenvalue weighted by molar-refractivity contribution is 9.10. The van der Waals surface area contributed by atoms with Crippen molar-refractivity contribution in [2.45, 2.75) is 23.5 Å². The van der Waals surface area contributed by atoms with Crippen LogP contribution in [0.5, 0.6) is 0 Å². The SMILES string of the molecule is FC(F)(F)Sc1ccc(CNCc2cc(Br)cs2)cc1. The fourth-order valence-electron chi connectivity index (χ4n) is 1.59. The molecule has 1 aromatic heterocycles. The van der Waals surface area contributed by atoms with Crippen molar-refractivity contribution in [3.05, 3.63) is 50.6 Å². The van der Waals surface area contributed by atoms with Gasteiger partial charge >= 0.3 is 5.51 Å². The molecule has 0 fully saturated rings. The molecule has 1 aromatic carbocycles. The minimum Gasteiger partial charge on any atom is -0.308 e. The molecule has 1 N–H and O–H groups in total. The first-order chi connectivity index (χ1) is 9.42. The van der Waals surface area contributed by atoms with E-state index in [1.807, 2.05) is 11.4 Å². The van der Waals surface area contributed by atoms with Gasteiger partial charge in [-0.15, -0.1) is 11.3 Å². The van der Waals surface area contributed by atoms with Crippen molar-refractivity contribution in [2.24, 2.45) is 0 Å². The summed E-state index contributed by atoms with van der Waals surface area (Å²) < 4.78 is 37.6. The van der Waals surface area contributed by atoms with Crippen LogP contribution in [-0.4, -0.2) is 5.51 Å². The molecule has 0 spiro atoms. The molecule has 0 saturated carbocycles. The summed E-state index contributed by atoms with van der Waals surface area (Å²) in [5.74, 6) is 0. The topological polar surface area (TPSA) is 12.0 Å². The van der Waals surface area contributed by atoms with Crippen LogP contribution in [0, 0.1) is 0 Å². The number of nitrogens with one attached hydrogen (secondary N) is 1. The summed E-state index contributed by atoms with van der Waals surface area (Å²) in [5.41, 5.74) is -3.26. The predicted octanol–water partition coefficient (Wildman–Crippen LogP) is 5.41. The van der Waals surface area contributed by atoms with Gasteiger partial charge < -0.3 is 5.32 Å². The number of alkyl halides is 3. The molecule has 108 valence electrons. The molecular weight excluding hydrogens is 371 g/mol. The molecule has 0 radical (unpaired) electrons. The first kappa shape index (κ1) is 15.9. The average molecular weight is 382 g/mol. The van der Waals surface area contributed by atoms with Crippen LogP contribution in [0.2, 0.25) is 0 Å². The van der Waals surface area contributed by atoms with E-state index in [1.54, 1.807) is 23.5 Å². The molecule has 0 amide bonds. The van der Waals surface area contributed by atoms with Gasteiger partial charge in [0, 0.05) is 32.7 Å². The smallest absolute Gasteiger partial charge is 0.308 e. The van der Waals surface area contributed by atoms with Gasteiger partial charge in [0.25, 0.3) is 0 Å².